The number of hydrogen-bond acceptors (Lipinski definition) is 3. The second-order valence-electron chi connectivity index (χ2n) is 4.62. The summed E-state index contributed by atoms with van der Waals surface area (Å²) in [7, 11) is 0. The number of carboxylic acids is 1. The first-order valence-corrected chi connectivity index (χ1v) is 7.18. The van der Waals surface area contributed by atoms with Crippen molar-refractivity contribution in [2.45, 2.75) is 25.9 Å². The van der Waals surface area contributed by atoms with E-state index in [-0.39, 0.29) is 18.3 Å². The number of carboxylic acid groups (broad SMARTS) is 1. The molecule has 0 radical (unpaired) electrons. The minimum Gasteiger partial charge on any atom is -0.481 e. The summed E-state index contributed by atoms with van der Waals surface area (Å²) in [6, 6.07) is 8.22. The number of rotatable bonds is 6. The summed E-state index contributed by atoms with van der Waals surface area (Å²) in [4.78, 5) is 11.9. The van der Waals surface area contributed by atoms with Gasteiger partial charge in [0.1, 0.15) is 5.82 Å². The normalized spacial score (nSPS) is 12.3. The molecule has 3 nitrogen and oxygen atoms in total. The van der Waals surface area contributed by atoms with Crippen LogP contribution in [0, 0.1) is 12.7 Å². The van der Waals surface area contributed by atoms with Crippen LogP contribution in [0.2, 0.25) is 0 Å². The van der Waals surface area contributed by atoms with Crippen molar-refractivity contribution in [2.24, 2.45) is 0 Å². The Balaban J connectivity index is 2.07. The summed E-state index contributed by atoms with van der Waals surface area (Å²) in [5, 5.41) is 14.1. The molecule has 2 aromatic rings. The van der Waals surface area contributed by atoms with Gasteiger partial charge in [-0.2, -0.15) is 0 Å². The van der Waals surface area contributed by atoms with Gasteiger partial charge in [-0.05, 0) is 41.6 Å². The van der Waals surface area contributed by atoms with Crippen LogP contribution in [0.1, 0.15) is 28.5 Å². The number of halogens is 1. The molecule has 1 heterocycles. The Morgan fingerprint density at radius 3 is 2.85 bits per heavy atom. The fourth-order valence-corrected chi connectivity index (χ4v) is 2.83. The van der Waals surface area contributed by atoms with E-state index >= 15 is 0 Å². The van der Waals surface area contributed by atoms with E-state index in [0.29, 0.717) is 6.54 Å². The quantitative estimate of drug-likeness (QED) is 0.857. The fraction of sp³-hybridized carbons (Fsp3) is 0.267. The zero-order valence-electron chi connectivity index (χ0n) is 11.1. The first-order valence-electron chi connectivity index (χ1n) is 6.30. The lowest BCUT2D eigenvalue weighted by molar-refractivity contribution is -0.137. The molecule has 106 valence electrons. The number of thiophene rings is 1. The molecule has 0 aliphatic rings. The van der Waals surface area contributed by atoms with E-state index in [1.54, 1.807) is 6.07 Å². The van der Waals surface area contributed by atoms with Crippen LogP contribution in [0.4, 0.5) is 4.39 Å². The SMILES string of the molecule is Cc1cc(F)ccc1CNC(CC(=O)O)c1cccs1. The Morgan fingerprint density at radius 1 is 1.45 bits per heavy atom. The highest BCUT2D eigenvalue weighted by Crippen LogP contribution is 2.23. The number of carbonyl (C=O) groups is 1. The van der Waals surface area contributed by atoms with Gasteiger partial charge in [0.25, 0.3) is 0 Å². The van der Waals surface area contributed by atoms with E-state index in [1.165, 1.54) is 23.5 Å². The summed E-state index contributed by atoms with van der Waals surface area (Å²) in [5.74, 6) is -1.10. The molecule has 0 amide bonds. The third kappa shape index (κ3) is 3.88. The van der Waals surface area contributed by atoms with Gasteiger partial charge in [0.05, 0.1) is 12.5 Å². The van der Waals surface area contributed by atoms with E-state index < -0.39 is 5.97 Å². The number of nitrogens with one attached hydrogen (secondary N) is 1. The molecule has 0 fully saturated rings. The molecule has 1 unspecified atom stereocenters. The summed E-state index contributed by atoms with van der Waals surface area (Å²) in [6.45, 7) is 2.36. The van der Waals surface area contributed by atoms with Gasteiger partial charge in [-0.15, -0.1) is 11.3 Å². The molecule has 2 N–H and O–H groups in total. The van der Waals surface area contributed by atoms with Gasteiger partial charge >= 0.3 is 5.97 Å². The predicted octanol–water partition coefficient (Wildman–Crippen LogP) is 3.50. The van der Waals surface area contributed by atoms with Crippen molar-refractivity contribution in [1.82, 2.24) is 5.32 Å². The van der Waals surface area contributed by atoms with Gasteiger partial charge in [0.2, 0.25) is 0 Å². The highest BCUT2D eigenvalue weighted by atomic mass is 32.1. The molecular weight excluding hydrogens is 277 g/mol. The molecular formula is C15H16FNO2S. The van der Waals surface area contributed by atoms with E-state index in [1.807, 2.05) is 24.4 Å². The monoisotopic (exact) mass is 293 g/mol. The lowest BCUT2D eigenvalue weighted by atomic mass is 10.1. The Hall–Kier alpha value is -1.72. The Labute approximate surface area is 121 Å². The molecule has 0 bridgehead atoms. The van der Waals surface area contributed by atoms with Crippen molar-refractivity contribution in [2.75, 3.05) is 0 Å². The summed E-state index contributed by atoms with van der Waals surface area (Å²) < 4.78 is 13.0. The van der Waals surface area contributed by atoms with Crippen molar-refractivity contribution < 1.29 is 14.3 Å². The Morgan fingerprint density at radius 2 is 2.25 bits per heavy atom. The molecule has 0 saturated carbocycles. The Bertz CT molecular complexity index is 584. The largest absolute Gasteiger partial charge is 0.481 e. The number of aryl methyl sites for hydroxylation is 1. The van der Waals surface area contributed by atoms with Gasteiger partial charge in [0, 0.05) is 11.4 Å². The number of aliphatic carboxylic acids is 1. The average Bonchev–Trinajstić information content (AvgIpc) is 2.89. The lowest BCUT2D eigenvalue weighted by Gasteiger charge is -2.16. The zero-order valence-corrected chi connectivity index (χ0v) is 11.9. The highest BCUT2D eigenvalue weighted by molar-refractivity contribution is 7.10. The van der Waals surface area contributed by atoms with Crippen LogP contribution in [0.15, 0.2) is 35.7 Å². The number of hydrogen-bond donors (Lipinski definition) is 2. The maximum atomic E-state index is 13.0. The van der Waals surface area contributed by atoms with E-state index in [9.17, 15) is 9.18 Å². The molecule has 0 aliphatic carbocycles. The second-order valence-corrected chi connectivity index (χ2v) is 5.60. The smallest absolute Gasteiger partial charge is 0.305 e. The second kappa shape index (κ2) is 6.63. The lowest BCUT2D eigenvalue weighted by Crippen LogP contribution is -2.23. The predicted molar refractivity (Wildman–Crippen MR) is 77.3 cm³/mol. The van der Waals surface area contributed by atoms with Crippen LogP contribution >= 0.6 is 11.3 Å². The molecule has 1 aromatic carbocycles. The van der Waals surface area contributed by atoms with Crippen LogP contribution in [-0.2, 0) is 11.3 Å². The standard InChI is InChI=1S/C15H16FNO2S/c1-10-7-12(16)5-4-11(10)9-17-13(8-15(18)19)14-3-2-6-20-14/h2-7,13,17H,8-9H2,1H3,(H,18,19). The van der Waals surface area contributed by atoms with Crippen LogP contribution < -0.4 is 5.32 Å². The van der Waals surface area contributed by atoms with Gasteiger partial charge < -0.3 is 10.4 Å². The molecule has 2 rings (SSSR count). The van der Waals surface area contributed by atoms with E-state index in [0.717, 1.165) is 16.0 Å². The van der Waals surface area contributed by atoms with Crippen LogP contribution in [0.25, 0.3) is 0 Å². The molecule has 0 saturated heterocycles. The van der Waals surface area contributed by atoms with Crippen LogP contribution in [-0.4, -0.2) is 11.1 Å². The maximum Gasteiger partial charge on any atom is 0.305 e. The van der Waals surface area contributed by atoms with Gasteiger partial charge in [-0.1, -0.05) is 12.1 Å². The molecule has 0 spiro atoms. The molecule has 1 atom stereocenters. The third-order valence-corrected chi connectivity index (χ3v) is 4.09. The minimum atomic E-state index is -0.841. The van der Waals surface area contributed by atoms with Crippen molar-refractivity contribution in [3.05, 3.63) is 57.5 Å². The molecule has 5 heteroatoms. The fourth-order valence-electron chi connectivity index (χ4n) is 2.03. The first kappa shape index (κ1) is 14.7. The number of benzene rings is 1. The van der Waals surface area contributed by atoms with Gasteiger partial charge in [0.15, 0.2) is 0 Å². The zero-order chi connectivity index (χ0) is 14.5. The van der Waals surface area contributed by atoms with Crippen molar-refractivity contribution >= 4 is 17.3 Å². The van der Waals surface area contributed by atoms with Gasteiger partial charge in [-0.25, -0.2) is 4.39 Å². The highest BCUT2D eigenvalue weighted by Gasteiger charge is 2.16. The van der Waals surface area contributed by atoms with E-state index in [2.05, 4.69) is 5.32 Å². The third-order valence-electron chi connectivity index (χ3n) is 3.11. The van der Waals surface area contributed by atoms with Crippen LogP contribution in [0.5, 0.6) is 0 Å². The minimum absolute atomic E-state index is 0.0285. The van der Waals surface area contributed by atoms with Crippen molar-refractivity contribution in [3.8, 4) is 0 Å². The molecule has 0 aliphatic heterocycles. The summed E-state index contributed by atoms with van der Waals surface area (Å²) >= 11 is 1.53. The van der Waals surface area contributed by atoms with E-state index in [4.69, 9.17) is 5.11 Å². The molecule has 1 aromatic heterocycles. The molecule has 20 heavy (non-hydrogen) atoms. The topological polar surface area (TPSA) is 49.3 Å². The van der Waals surface area contributed by atoms with Gasteiger partial charge in [-0.3, -0.25) is 4.79 Å². The van der Waals surface area contributed by atoms with Crippen molar-refractivity contribution in [3.63, 3.8) is 0 Å². The maximum absolute atomic E-state index is 13.0. The van der Waals surface area contributed by atoms with Crippen molar-refractivity contribution in [1.29, 1.82) is 0 Å². The summed E-state index contributed by atoms with van der Waals surface area (Å²) in [6.07, 6.45) is 0.0285. The summed E-state index contributed by atoms with van der Waals surface area (Å²) in [5.41, 5.74) is 1.83. The first-order chi connectivity index (χ1) is 9.56. The Kier molecular flexibility index (Phi) is 4.87. The van der Waals surface area contributed by atoms with Crippen LogP contribution in [0.3, 0.4) is 0 Å². The average molecular weight is 293 g/mol.